The summed E-state index contributed by atoms with van der Waals surface area (Å²) in [5.74, 6) is 0.448. The van der Waals surface area contributed by atoms with Crippen molar-refractivity contribution in [3.05, 3.63) is 0 Å². The van der Waals surface area contributed by atoms with Crippen molar-refractivity contribution in [1.82, 2.24) is 10.2 Å². The van der Waals surface area contributed by atoms with Crippen LogP contribution in [0.15, 0.2) is 0 Å². The first-order valence-electron chi connectivity index (χ1n) is 5.71. The Hall–Kier alpha value is -1.57. The van der Waals surface area contributed by atoms with Crippen LogP contribution in [0.1, 0.15) is 25.7 Å². The maximum Gasteiger partial charge on any atom is 0.325 e. The second-order valence-corrected chi connectivity index (χ2v) is 4.90. The summed E-state index contributed by atoms with van der Waals surface area (Å²) >= 11 is 0. The van der Waals surface area contributed by atoms with Crippen molar-refractivity contribution in [3.63, 3.8) is 0 Å². The molecule has 1 N–H and O–H groups in total. The van der Waals surface area contributed by atoms with Crippen LogP contribution >= 0.6 is 0 Å². The average Bonchev–Trinajstić information content (AvgIpc) is 3.14. The number of amides is 3. The molecule has 84 valence electrons. The molecule has 1 saturated heterocycles. The number of carbonyl (C=O) groups excluding carboxylic acids is 2. The molecule has 1 heterocycles. The van der Waals surface area contributed by atoms with E-state index in [-0.39, 0.29) is 18.5 Å². The Labute approximate surface area is 93.4 Å². The Morgan fingerprint density at radius 3 is 2.31 bits per heavy atom. The first-order valence-corrected chi connectivity index (χ1v) is 5.71. The van der Waals surface area contributed by atoms with E-state index >= 15 is 0 Å². The van der Waals surface area contributed by atoms with Gasteiger partial charge in [0.1, 0.15) is 12.1 Å². The normalized spacial score (nSPS) is 27.8. The number of hydrogen-bond donors (Lipinski definition) is 1. The van der Waals surface area contributed by atoms with Crippen LogP contribution in [0.25, 0.3) is 0 Å². The van der Waals surface area contributed by atoms with E-state index in [9.17, 15) is 9.59 Å². The third kappa shape index (κ3) is 1.10. The minimum absolute atomic E-state index is 0.133. The molecule has 5 nitrogen and oxygen atoms in total. The SMILES string of the molecule is N#CCN1C(=O)NC(C2CC2)(C2CC2)C1=O. The third-order valence-corrected chi connectivity index (χ3v) is 3.83. The van der Waals surface area contributed by atoms with E-state index in [0.29, 0.717) is 11.8 Å². The molecule has 2 aliphatic carbocycles. The molecule has 5 heteroatoms. The summed E-state index contributed by atoms with van der Waals surface area (Å²) in [6.45, 7) is -0.133. The summed E-state index contributed by atoms with van der Waals surface area (Å²) in [7, 11) is 0. The van der Waals surface area contributed by atoms with Crippen LogP contribution in [-0.2, 0) is 4.79 Å². The lowest BCUT2D eigenvalue weighted by molar-refractivity contribution is -0.132. The lowest BCUT2D eigenvalue weighted by Crippen LogP contribution is -2.51. The van der Waals surface area contributed by atoms with Gasteiger partial charge in [-0.25, -0.2) is 9.69 Å². The maximum absolute atomic E-state index is 12.3. The fourth-order valence-electron chi connectivity index (χ4n) is 2.79. The maximum atomic E-state index is 12.3. The molecule has 0 bridgehead atoms. The van der Waals surface area contributed by atoms with E-state index in [1.807, 2.05) is 6.07 Å². The highest BCUT2D eigenvalue weighted by Gasteiger charge is 2.65. The molecule has 16 heavy (non-hydrogen) atoms. The van der Waals surface area contributed by atoms with Gasteiger partial charge in [-0.15, -0.1) is 0 Å². The Kier molecular flexibility index (Phi) is 1.79. The molecule has 1 aliphatic heterocycles. The Morgan fingerprint density at radius 1 is 1.31 bits per heavy atom. The van der Waals surface area contributed by atoms with Crippen molar-refractivity contribution < 1.29 is 9.59 Å². The molecule has 0 atom stereocenters. The fourth-order valence-corrected chi connectivity index (χ4v) is 2.79. The number of rotatable bonds is 3. The molecule has 0 aromatic heterocycles. The lowest BCUT2D eigenvalue weighted by atomic mass is 9.87. The zero-order valence-electron chi connectivity index (χ0n) is 8.90. The zero-order chi connectivity index (χ0) is 11.3. The van der Waals surface area contributed by atoms with Gasteiger partial charge in [0, 0.05) is 0 Å². The molecule has 0 aromatic carbocycles. The monoisotopic (exact) mass is 219 g/mol. The van der Waals surface area contributed by atoms with Gasteiger partial charge in [0.2, 0.25) is 0 Å². The summed E-state index contributed by atoms with van der Waals surface area (Å²) in [4.78, 5) is 25.0. The Morgan fingerprint density at radius 2 is 1.88 bits per heavy atom. The minimum atomic E-state index is -0.645. The van der Waals surface area contributed by atoms with Gasteiger partial charge in [-0.3, -0.25) is 4.79 Å². The van der Waals surface area contributed by atoms with Crippen molar-refractivity contribution in [3.8, 4) is 6.07 Å². The number of imide groups is 1. The smallest absolute Gasteiger partial charge is 0.322 e. The molecule has 0 unspecified atom stereocenters. The zero-order valence-corrected chi connectivity index (χ0v) is 8.90. The fraction of sp³-hybridized carbons (Fsp3) is 0.727. The second kappa shape index (κ2) is 2.97. The van der Waals surface area contributed by atoms with Crippen LogP contribution in [0.2, 0.25) is 0 Å². The highest BCUT2D eigenvalue weighted by Crippen LogP contribution is 2.54. The van der Waals surface area contributed by atoms with Crippen LogP contribution in [0, 0.1) is 23.2 Å². The molecular weight excluding hydrogens is 206 g/mol. The summed E-state index contributed by atoms with van der Waals surface area (Å²) in [6, 6.07) is 1.49. The predicted molar refractivity (Wildman–Crippen MR) is 54.0 cm³/mol. The van der Waals surface area contributed by atoms with Gasteiger partial charge in [-0.05, 0) is 37.5 Å². The van der Waals surface area contributed by atoms with Gasteiger partial charge in [0.15, 0.2) is 0 Å². The van der Waals surface area contributed by atoms with Crippen molar-refractivity contribution in [2.75, 3.05) is 6.54 Å². The van der Waals surface area contributed by atoms with Crippen molar-refractivity contribution >= 4 is 11.9 Å². The number of nitriles is 1. The third-order valence-electron chi connectivity index (χ3n) is 3.83. The number of hydrogen-bond acceptors (Lipinski definition) is 3. The van der Waals surface area contributed by atoms with Gasteiger partial charge in [-0.2, -0.15) is 5.26 Å². The summed E-state index contributed by atoms with van der Waals surface area (Å²) in [6.07, 6.45) is 4.07. The standard InChI is InChI=1S/C11H13N3O2/c12-5-6-14-9(15)11(7-1-2-7,8-3-4-8)13-10(14)16/h7-8H,1-4,6H2,(H,13,16). The van der Waals surface area contributed by atoms with Crippen LogP contribution < -0.4 is 5.32 Å². The van der Waals surface area contributed by atoms with Gasteiger partial charge in [-0.1, -0.05) is 0 Å². The largest absolute Gasteiger partial charge is 0.325 e. The van der Waals surface area contributed by atoms with E-state index in [1.54, 1.807) is 0 Å². The topological polar surface area (TPSA) is 73.2 Å². The number of urea groups is 1. The number of nitrogens with one attached hydrogen (secondary N) is 1. The van der Waals surface area contributed by atoms with Crippen molar-refractivity contribution in [2.24, 2.45) is 11.8 Å². The van der Waals surface area contributed by atoms with Gasteiger partial charge < -0.3 is 5.32 Å². The van der Waals surface area contributed by atoms with E-state index in [1.165, 1.54) is 0 Å². The van der Waals surface area contributed by atoms with Gasteiger partial charge >= 0.3 is 6.03 Å². The predicted octanol–water partition coefficient (Wildman–Crippen LogP) is 0.621. The average molecular weight is 219 g/mol. The number of nitrogens with zero attached hydrogens (tertiary/aromatic N) is 2. The Bertz CT molecular complexity index is 392. The van der Waals surface area contributed by atoms with E-state index in [0.717, 1.165) is 30.6 Å². The first kappa shape index (κ1) is 9.64. The second-order valence-electron chi connectivity index (χ2n) is 4.90. The van der Waals surface area contributed by atoms with Gasteiger partial charge in [0.25, 0.3) is 5.91 Å². The number of carbonyl (C=O) groups is 2. The molecule has 3 rings (SSSR count). The summed E-state index contributed by atoms with van der Waals surface area (Å²) in [5, 5.41) is 11.5. The highest BCUT2D eigenvalue weighted by molar-refractivity contribution is 6.08. The molecule has 0 spiro atoms. The van der Waals surface area contributed by atoms with E-state index in [2.05, 4.69) is 5.32 Å². The molecule has 3 aliphatic rings. The van der Waals surface area contributed by atoms with Gasteiger partial charge in [0.05, 0.1) is 6.07 Å². The quantitative estimate of drug-likeness (QED) is 0.558. The molecular formula is C11H13N3O2. The lowest BCUT2D eigenvalue weighted by Gasteiger charge is -2.26. The molecule has 3 amide bonds. The van der Waals surface area contributed by atoms with Crippen LogP contribution in [0.5, 0.6) is 0 Å². The molecule has 3 fully saturated rings. The molecule has 0 aromatic rings. The van der Waals surface area contributed by atoms with E-state index < -0.39 is 5.54 Å². The summed E-state index contributed by atoms with van der Waals surface area (Å²) in [5.41, 5.74) is -0.645. The van der Waals surface area contributed by atoms with Crippen molar-refractivity contribution in [1.29, 1.82) is 5.26 Å². The Balaban J connectivity index is 1.93. The summed E-state index contributed by atoms with van der Waals surface area (Å²) < 4.78 is 0. The highest BCUT2D eigenvalue weighted by atomic mass is 16.2. The minimum Gasteiger partial charge on any atom is -0.322 e. The van der Waals surface area contributed by atoms with Crippen LogP contribution in [-0.4, -0.2) is 28.9 Å². The van der Waals surface area contributed by atoms with E-state index in [4.69, 9.17) is 5.26 Å². The first-order chi connectivity index (χ1) is 7.70. The van der Waals surface area contributed by atoms with Crippen LogP contribution in [0.4, 0.5) is 4.79 Å². The molecule has 0 radical (unpaired) electrons. The van der Waals surface area contributed by atoms with Crippen LogP contribution in [0.3, 0.4) is 0 Å². The molecule has 2 saturated carbocycles. The van der Waals surface area contributed by atoms with Crippen molar-refractivity contribution in [2.45, 2.75) is 31.2 Å².